The number of hydrogen-bond acceptors (Lipinski definition) is 2. The van der Waals surface area contributed by atoms with Crippen LogP contribution in [0.4, 0.5) is 0 Å². The van der Waals surface area contributed by atoms with Crippen molar-refractivity contribution in [3.05, 3.63) is 35.4 Å². The maximum Gasteiger partial charge on any atom is 0.0211 e. The van der Waals surface area contributed by atoms with Crippen LogP contribution in [0.15, 0.2) is 24.3 Å². The largest absolute Gasteiger partial charge is 0.315 e. The average Bonchev–Trinajstić information content (AvgIpc) is 2.69. The van der Waals surface area contributed by atoms with Gasteiger partial charge in [-0.1, -0.05) is 24.3 Å². The second-order valence-corrected chi connectivity index (χ2v) is 4.00. The van der Waals surface area contributed by atoms with Gasteiger partial charge < -0.3 is 10.6 Å². The Balaban J connectivity index is 0.00000112. The minimum Gasteiger partial charge on any atom is -0.315 e. The molecule has 1 aromatic carbocycles. The smallest absolute Gasteiger partial charge is 0.0211 e. The Hall–Kier alpha value is -0.570. The van der Waals surface area contributed by atoms with Crippen LogP contribution in [0, 0.1) is 6.92 Å². The number of halogens is 1. The van der Waals surface area contributed by atoms with Crippen LogP contribution in [0.5, 0.6) is 0 Å². The van der Waals surface area contributed by atoms with Crippen molar-refractivity contribution in [2.75, 3.05) is 13.1 Å². The Morgan fingerprint density at radius 2 is 2.20 bits per heavy atom. The van der Waals surface area contributed by atoms with Crippen molar-refractivity contribution in [3.8, 4) is 0 Å². The highest BCUT2D eigenvalue weighted by Crippen LogP contribution is 2.07. The molecule has 0 amide bonds. The molecule has 2 nitrogen and oxygen atoms in total. The highest BCUT2D eigenvalue weighted by molar-refractivity contribution is 5.85. The first kappa shape index (κ1) is 12.5. The summed E-state index contributed by atoms with van der Waals surface area (Å²) in [5, 5.41) is 6.94. The highest BCUT2D eigenvalue weighted by Gasteiger charge is 2.13. The van der Waals surface area contributed by atoms with E-state index >= 15 is 0 Å². The Morgan fingerprint density at radius 1 is 1.40 bits per heavy atom. The van der Waals surface area contributed by atoms with Crippen molar-refractivity contribution in [1.82, 2.24) is 10.6 Å². The molecule has 1 saturated heterocycles. The number of rotatable bonds is 3. The molecule has 2 N–H and O–H groups in total. The zero-order chi connectivity index (χ0) is 9.80. The lowest BCUT2D eigenvalue weighted by atomic mass is 10.1. The predicted octanol–water partition coefficient (Wildman–Crippen LogP) is 1.87. The Kier molecular flexibility index (Phi) is 5.09. The first-order valence-corrected chi connectivity index (χ1v) is 5.35. The number of benzene rings is 1. The Bertz CT molecular complexity index is 295. The lowest BCUT2D eigenvalue weighted by Gasteiger charge is -2.12. The Labute approximate surface area is 97.9 Å². The van der Waals surface area contributed by atoms with Gasteiger partial charge >= 0.3 is 0 Å². The van der Waals surface area contributed by atoms with Crippen LogP contribution >= 0.6 is 12.4 Å². The third-order valence-electron chi connectivity index (χ3n) is 2.90. The molecule has 0 saturated carbocycles. The standard InChI is InChI=1S/C12H18N2.ClH/c1-10-4-2-3-5-11(10)8-14-12-6-7-13-9-12;/h2-5,12-14H,6-9H2,1H3;1H/t12-;/m1./s1. The van der Waals surface area contributed by atoms with Gasteiger partial charge in [0.05, 0.1) is 0 Å². The lowest BCUT2D eigenvalue weighted by Crippen LogP contribution is -2.30. The zero-order valence-corrected chi connectivity index (χ0v) is 9.94. The van der Waals surface area contributed by atoms with Crippen LogP contribution in [0.25, 0.3) is 0 Å². The molecule has 84 valence electrons. The average molecular weight is 227 g/mol. The molecule has 2 rings (SSSR count). The number of aryl methyl sites for hydroxylation is 1. The summed E-state index contributed by atoms with van der Waals surface area (Å²) < 4.78 is 0. The molecule has 1 aliphatic rings. The molecule has 1 heterocycles. The SMILES string of the molecule is Cc1ccccc1CN[C@@H]1CCNC1.Cl. The van der Waals surface area contributed by atoms with Crippen LogP contribution in [-0.4, -0.2) is 19.1 Å². The van der Waals surface area contributed by atoms with Gasteiger partial charge in [0.2, 0.25) is 0 Å². The molecule has 1 aliphatic heterocycles. The summed E-state index contributed by atoms with van der Waals surface area (Å²) in [7, 11) is 0. The van der Waals surface area contributed by atoms with Crippen LogP contribution < -0.4 is 10.6 Å². The summed E-state index contributed by atoms with van der Waals surface area (Å²) >= 11 is 0. The van der Waals surface area contributed by atoms with Crippen molar-refractivity contribution < 1.29 is 0 Å². The van der Waals surface area contributed by atoms with Crippen LogP contribution in [0.2, 0.25) is 0 Å². The van der Waals surface area contributed by atoms with E-state index in [0.29, 0.717) is 6.04 Å². The molecule has 0 aliphatic carbocycles. The van der Waals surface area contributed by atoms with E-state index in [4.69, 9.17) is 0 Å². The monoisotopic (exact) mass is 226 g/mol. The van der Waals surface area contributed by atoms with Gasteiger partial charge in [0.25, 0.3) is 0 Å². The van der Waals surface area contributed by atoms with E-state index in [0.717, 1.165) is 19.6 Å². The molecule has 1 aromatic rings. The second kappa shape index (κ2) is 6.11. The summed E-state index contributed by atoms with van der Waals surface area (Å²) in [5.74, 6) is 0. The highest BCUT2D eigenvalue weighted by atomic mass is 35.5. The summed E-state index contributed by atoms with van der Waals surface area (Å²) in [4.78, 5) is 0. The van der Waals surface area contributed by atoms with Crippen LogP contribution in [0.3, 0.4) is 0 Å². The fourth-order valence-electron chi connectivity index (χ4n) is 1.89. The van der Waals surface area contributed by atoms with Crippen LogP contribution in [0.1, 0.15) is 17.5 Å². The van der Waals surface area contributed by atoms with Crippen molar-refractivity contribution >= 4 is 12.4 Å². The van der Waals surface area contributed by atoms with E-state index in [1.54, 1.807) is 0 Å². The van der Waals surface area contributed by atoms with E-state index in [-0.39, 0.29) is 12.4 Å². The molecule has 0 bridgehead atoms. The van der Waals surface area contributed by atoms with Gasteiger partial charge in [-0.05, 0) is 31.0 Å². The maximum atomic E-state index is 3.58. The van der Waals surface area contributed by atoms with Gasteiger partial charge in [0.1, 0.15) is 0 Å². The summed E-state index contributed by atoms with van der Waals surface area (Å²) in [6, 6.07) is 9.23. The predicted molar refractivity (Wildman–Crippen MR) is 66.5 cm³/mol. The number of hydrogen-bond donors (Lipinski definition) is 2. The van der Waals surface area contributed by atoms with Crippen molar-refractivity contribution in [2.45, 2.75) is 25.9 Å². The quantitative estimate of drug-likeness (QED) is 0.823. The molecule has 15 heavy (non-hydrogen) atoms. The molecule has 0 radical (unpaired) electrons. The number of nitrogens with one attached hydrogen (secondary N) is 2. The summed E-state index contributed by atoms with van der Waals surface area (Å²) in [6.07, 6.45) is 1.26. The van der Waals surface area contributed by atoms with Gasteiger partial charge in [-0.25, -0.2) is 0 Å². The van der Waals surface area contributed by atoms with Gasteiger partial charge in [-0.2, -0.15) is 0 Å². The third-order valence-corrected chi connectivity index (χ3v) is 2.90. The third kappa shape index (κ3) is 3.49. The fourth-order valence-corrected chi connectivity index (χ4v) is 1.89. The second-order valence-electron chi connectivity index (χ2n) is 4.00. The molecule has 0 aromatic heterocycles. The minimum atomic E-state index is 0. The summed E-state index contributed by atoms with van der Waals surface area (Å²) in [6.45, 7) is 5.44. The molecule has 0 unspecified atom stereocenters. The van der Waals surface area contributed by atoms with Gasteiger partial charge in [0, 0.05) is 19.1 Å². The van der Waals surface area contributed by atoms with Gasteiger partial charge in [-0.3, -0.25) is 0 Å². The van der Waals surface area contributed by atoms with E-state index in [1.165, 1.54) is 17.5 Å². The van der Waals surface area contributed by atoms with Crippen molar-refractivity contribution in [3.63, 3.8) is 0 Å². The Morgan fingerprint density at radius 3 is 2.87 bits per heavy atom. The molecular formula is C12H19ClN2. The first-order chi connectivity index (χ1) is 6.86. The van der Waals surface area contributed by atoms with Gasteiger partial charge in [-0.15, -0.1) is 12.4 Å². The summed E-state index contributed by atoms with van der Waals surface area (Å²) in [5.41, 5.74) is 2.80. The van der Waals surface area contributed by atoms with Gasteiger partial charge in [0.15, 0.2) is 0 Å². The first-order valence-electron chi connectivity index (χ1n) is 5.35. The molecule has 1 atom stereocenters. The lowest BCUT2D eigenvalue weighted by molar-refractivity contribution is 0.546. The van der Waals surface area contributed by atoms with Crippen LogP contribution in [-0.2, 0) is 6.54 Å². The molecular weight excluding hydrogens is 208 g/mol. The van der Waals surface area contributed by atoms with Crippen molar-refractivity contribution in [2.24, 2.45) is 0 Å². The molecule has 0 spiro atoms. The van der Waals surface area contributed by atoms with E-state index in [1.807, 2.05) is 0 Å². The fraction of sp³-hybridized carbons (Fsp3) is 0.500. The van der Waals surface area contributed by atoms with E-state index in [2.05, 4.69) is 41.8 Å². The molecule has 3 heteroatoms. The molecule has 1 fully saturated rings. The normalized spacial score (nSPS) is 19.9. The van der Waals surface area contributed by atoms with E-state index in [9.17, 15) is 0 Å². The minimum absolute atomic E-state index is 0. The van der Waals surface area contributed by atoms with E-state index < -0.39 is 0 Å². The topological polar surface area (TPSA) is 24.1 Å². The maximum absolute atomic E-state index is 3.58. The zero-order valence-electron chi connectivity index (χ0n) is 9.12. The van der Waals surface area contributed by atoms with Crippen molar-refractivity contribution in [1.29, 1.82) is 0 Å².